The predicted octanol–water partition coefficient (Wildman–Crippen LogP) is 2.61. The van der Waals surface area contributed by atoms with Crippen LogP contribution in [-0.2, 0) is 14.3 Å². The molecular weight excluding hydrogens is 270 g/mol. The van der Waals surface area contributed by atoms with Crippen LogP contribution in [0.15, 0.2) is 30.3 Å². The van der Waals surface area contributed by atoms with Crippen molar-refractivity contribution in [2.24, 2.45) is 0 Å². The summed E-state index contributed by atoms with van der Waals surface area (Å²) in [4.78, 5) is 22.7. The van der Waals surface area contributed by atoms with Gasteiger partial charge in [-0.2, -0.15) is 0 Å². The van der Waals surface area contributed by atoms with Crippen molar-refractivity contribution in [3.63, 3.8) is 0 Å². The lowest BCUT2D eigenvalue weighted by molar-refractivity contribution is -0.174. The molecule has 1 unspecified atom stereocenters. The molecule has 0 bridgehead atoms. The number of benzene rings is 1. The van der Waals surface area contributed by atoms with E-state index in [9.17, 15) is 9.59 Å². The highest BCUT2D eigenvalue weighted by atomic mass is 16.6. The van der Waals surface area contributed by atoms with Crippen molar-refractivity contribution >= 4 is 12.1 Å². The van der Waals surface area contributed by atoms with Crippen molar-refractivity contribution in [1.82, 2.24) is 5.32 Å². The van der Waals surface area contributed by atoms with E-state index in [-0.39, 0.29) is 6.10 Å². The topological polar surface area (TPSA) is 64.6 Å². The molecule has 0 radical (unpaired) electrons. The number of esters is 1. The van der Waals surface area contributed by atoms with Gasteiger partial charge in [-0.15, -0.1) is 0 Å². The van der Waals surface area contributed by atoms with Gasteiger partial charge in [0.05, 0.1) is 6.61 Å². The number of ether oxygens (including phenoxy) is 2. The molecule has 0 aliphatic carbocycles. The zero-order chi connectivity index (χ0) is 15.2. The van der Waals surface area contributed by atoms with Crippen LogP contribution in [0.25, 0.3) is 0 Å². The van der Waals surface area contributed by atoms with Crippen molar-refractivity contribution in [2.45, 2.75) is 44.8 Å². The Balaban J connectivity index is 1.73. The molecule has 5 heteroatoms. The molecule has 2 rings (SSSR count). The molecule has 0 saturated carbocycles. The van der Waals surface area contributed by atoms with Crippen molar-refractivity contribution < 1.29 is 19.1 Å². The van der Waals surface area contributed by atoms with E-state index in [2.05, 4.69) is 24.4 Å². The third kappa shape index (κ3) is 3.97. The maximum atomic E-state index is 11.6. The van der Waals surface area contributed by atoms with E-state index in [4.69, 9.17) is 9.47 Å². The van der Waals surface area contributed by atoms with Gasteiger partial charge in [-0.25, -0.2) is 9.59 Å². The summed E-state index contributed by atoms with van der Waals surface area (Å²) in [5.74, 6) is -0.0400. The van der Waals surface area contributed by atoms with Gasteiger partial charge in [0.25, 0.3) is 0 Å². The number of hydrogen-bond acceptors (Lipinski definition) is 4. The number of alkyl carbamates (subject to hydrolysis) is 1. The van der Waals surface area contributed by atoms with Crippen LogP contribution in [0, 0.1) is 0 Å². The fourth-order valence-corrected chi connectivity index (χ4v) is 2.41. The van der Waals surface area contributed by atoms with Crippen LogP contribution in [0.5, 0.6) is 0 Å². The molecule has 1 fully saturated rings. The molecule has 1 aromatic rings. The Hall–Kier alpha value is -2.04. The second-order valence-electron chi connectivity index (χ2n) is 5.20. The minimum absolute atomic E-state index is 0.280. The molecule has 1 amide bonds. The first kappa shape index (κ1) is 15.4. The molecule has 3 atom stereocenters. The first-order valence-electron chi connectivity index (χ1n) is 7.30. The van der Waals surface area contributed by atoms with Gasteiger partial charge in [0.15, 0.2) is 6.04 Å². The molecule has 0 spiro atoms. The first-order valence-corrected chi connectivity index (χ1v) is 7.30. The maximum Gasteiger partial charge on any atom is 0.407 e. The molecule has 1 aromatic carbocycles. The molecule has 1 aliphatic rings. The Bertz CT molecular complexity index is 488. The fraction of sp³-hybridized carbons (Fsp3) is 0.500. The van der Waals surface area contributed by atoms with E-state index in [0.717, 1.165) is 12.8 Å². The Morgan fingerprint density at radius 1 is 1.38 bits per heavy atom. The molecule has 1 aliphatic heterocycles. The first-order chi connectivity index (χ1) is 10.1. The number of carbonyl (C=O) groups excluding carboxylic acids is 2. The quantitative estimate of drug-likeness (QED) is 0.818. The average Bonchev–Trinajstić information content (AvgIpc) is 2.50. The van der Waals surface area contributed by atoms with Gasteiger partial charge in [0.1, 0.15) is 6.10 Å². The third-order valence-corrected chi connectivity index (χ3v) is 3.76. The van der Waals surface area contributed by atoms with Crippen molar-refractivity contribution in [3.05, 3.63) is 35.9 Å². The van der Waals surface area contributed by atoms with E-state index in [1.54, 1.807) is 6.92 Å². The minimum atomic E-state index is -0.575. The summed E-state index contributed by atoms with van der Waals surface area (Å²) in [5.41, 5.74) is 1.25. The molecule has 1 heterocycles. The Morgan fingerprint density at radius 2 is 2.10 bits per heavy atom. The summed E-state index contributed by atoms with van der Waals surface area (Å²) >= 11 is 0. The van der Waals surface area contributed by atoms with Crippen LogP contribution in [-0.4, -0.2) is 30.8 Å². The van der Waals surface area contributed by atoms with E-state index >= 15 is 0 Å². The second kappa shape index (κ2) is 7.11. The van der Waals surface area contributed by atoms with Crippen molar-refractivity contribution in [1.29, 1.82) is 0 Å². The van der Waals surface area contributed by atoms with Gasteiger partial charge in [-0.05, 0) is 31.2 Å². The lowest BCUT2D eigenvalue weighted by Crippen LogP contribution is -2.58. The Kier molecular flexibility index (Phi) is 5.20. The van der Waals surface area contributed by atoms with Gasteiger partial charge >= 0.3 is 12.1 Å². The van der Waals surface area contributed by atoms with Crippen LogP contribution in [0.4, 0.5) is 4.79 Å². The number of nitrogens with one attached hydrogen (secondary N) is 1. The van der Waals surface area contributed by atoms with Gasteiger partial charge in [0, 0.05) is 0 Å². The standard InChI is InChI=1S/C16H21NO4/c1-3-12(13-7-5-4-6-8-13)9-10-20-16(19)17-14-11(2)21-15(14)18/h4-8,11-12,14H,3,9-10H2,1-2H3,(H,17,19)/t11-,12?,14-/m0/s1. The number of cyclic esters (lactones) is 1. The predicted molar refractivity (Wildman–Crippen MR) is 77.9 cm³/mol. The third-order valence-electron chi connectivity index (χ3n) is 3.76. The smallest absolute Gasteiger partial charge is 0.407 e. The van der Waals surface area contributed by atoms with Gasteiger partial charge in [-0.3, -0.25) is 0 Å². The highest BCUT2D eigenvalue weighted by Gasteiger charge is 2.40. The summed E-state index contributed by atoms with van der Waals surface area (Å²) < 4.78 is 9.90. The fourth-order valence-electron chi connectivity index (χ4n) is 2.41. The lowest BCUT2D eigenvalue weighted by Gasteiger charge is -2.32. The number of carbonyl (C=O) groups is 2. The molecule has 1 saturated heterocycles. The largest absolute Gasteiger partial charge is 0.458 e. The molecule has 5 nitrogen and oxygen atoms in total. The van der Waals surface area contributed by atoms with Gasteiger partial charge in [-0.1, -0.05) is 37.3 Å². The summed E-state index contributed by atoms with van der Waals surface area (Å²) in [6.07, 6.45) is 0.906. The lowest BCUT2D eigenvalue weighted by atomic mass is 9.94. The summed E-state index contributed by atoms with van der Waals surface area (Å²) in [5, 5.41) is 2.51. The number of rotatable bonds is 6. The minimum Gasteiger partial charge on any atom is -0.458 e. The van der Waals surface area contributed by atoms with Gasteiger partial charge in [0.2, 0.25) is 0 Å². The van der Waals surface area contributed by atoms with E-state index in [0.29, 0.717) is 12.5 Å². The molecule has 1 N–H and O–H groups in total. The van der Waals surface area contributed by atoms with E-state index in [1.165, 1.54) is 5.56 Å². The van der Waals surface area contributed by atoms with Gasteiger partial charge < -0.3 is 14.8 Å². The molecule has 114 valence electrons. The average molecular weight is 291 g/mol. The monoisotopic (exact) mass is 291 g/mol. The maximum absolute atomic E-state index is 11.6. The number of amides is 1. The van der Waals surface area contributed by atoms with Crippen molar-refractivity contribution in [3.8, 4) is 0 Å². The normalized spacial score (nSPS) is 21.9. The molecular formula is C16H21NO4. The zero-order valence-corrected chi connectivity index (χ0v) is 12.4. The van der Waals surface area contributed by atoms with Crippen molar-refractivity contribution in [2.75, 3.05) is 6.61 Å². The van der Waals surface area contributed by atoms with Crippen LogP contribution in [0.1, 0.15) is 38.2 Å². The van der Waals surface area contributed by atoms with Crippen LogP contribution < -0.4 is 5.32 Å². The van der Waals surface area contributed by atoms with E-state index < -0.39 is 18.1 Å². The Labute approximate surface area is 124 Å². The summed E-state index contributed by atoms with van der Waals surface area (Å²) in [6, 6.07) is 9.60. The zero-order valence-electron chi connectivity index (χ0n) is 12.4. The molecule has 21 heavy (non-hydrogen) atoms. The summed E-state index contributed by atoms with van der Waals surface area (Å²) in [6.45, 7) is 4.17. The van der Waals surface area contributed by atoms with Crippen LogP contribution in [0.3, 0.4) is 0 Å². The highest BCUT2D eigenvalue weighted by molar-refractivity contribution is 5.86. The van der Waals surface area contributed by atoms with Crippen LogP contribution >= 0.6 is 0 Å². The Morgan fingerprint density at radius 3 is 2.67 bits per heavy atom. The van der Waals surface area contributed by atoms with E-state index in [1.807, 2.05) is 18.2 Å². The van der Waals surface area contributed by atoms with Crippen LogP contribution in [0.2, 0.25) is 0 Å². The summed E-state index contributed by atoms with van der Waals surface area (Å²) in [7, 11) is 0. The highest BCUT2D eigenvalue weighted by Crippen LogP contribution is 2.22. The second-order valence-corrected chi connectivity index (χ2v) is 5.20. The SMILES string of the molecule is CCC(CCOC(=O)N[C@@H]1C(=O)O[C@H]1C)c1ccccc1. The molecule has 0 aromatic heterocycles. The number of hydrogen-bond donors (Lipinski definition) is 1.